The van der Waals surface area contributed by atoms with Gasteiger partial charge in [-0.15, -0.1) is 0 Å². The van der Waals surface area contributed by atoms with Gasteiger partial charge in [-0.05, 0) is 25.7 Å². The molecule has 0 radical (unpaired) electrons. The second kappa shape index (κ2) is 9.44. The van der Waals surface area contributed by atoms with E-state index in [-0.39, 0.29) is 12.1 Å². The standard InChI is InChI=1S/2C7H14N2O/c2*8-7(10)9-6-4-2-1-3-5-6/h2*6H,1-5H2,(H3,8,9,10). The summed E-state index contributed by atoms with van der Waals surface area (Å²) < 4.78 is 0. The molecule has 2 saturated carbocycles. The zero-order valence-corrected chi connectivity index (χ0v) is 12.2. The minimum atomic E-state index is -0.382. The van der Waals surface area contributed by atoms with Crippen LogP contribution in [0.25, 0.3) is 0 Å². The first-order valence-electron chi connectivity index (χ1n) is 7.70. The van der Waals surface area contributed by atoms with Crippen LogP contribution in [-0.4, -0.2) is 24.1 Å². The molecule has 0 saturated heterocycles. The van der Waals surface area contributed by atoms with Gasteiger partial charge in [-0.1, -0.05) is 38.5 Å². The van der Waals surface area contributed by atoms with Crippen LogP contribution in [0.4, 0.5) is 9.59 Å². The fourth-order valence-electron chi connectivity index (χ4n) is 2.90. The number of nitrogens with one attached hydrogen (secondary N) is 2. The third kappa shape index (κ3) is 7.86. The van der Waals surface area contributed by atoms with Crippen molar-refractivity contribution in [2.24, 2.45) is 11.5 Å². The van der Waals surface area contributed by atoms with E-state index < -0.39 is 0 Å². The molecule has 0 aromatic carbocycles. The summed E-state index contributed by atoms with van der Waals surface area (Å²) in [5, 5.41) is 5.44. The molecule has 2 fully saturated rings. The summed E-state index contributed by atoms with van der Waals surface area (Å²) in [5.74, 6) is 0. The molecule has 0 aromatic heterocycles. The Morgan fingerprint density at radius 2 is 0.950 bits per heavy atom. The van der Waals surface area contributed by atoms with Crippen LogP contribution >= 0.6 is 0 Å². The van der Waals surface area contributed by atoms with Gasteiger partial charge in [0.05, 0.1) is 0 Å². The van der Waals surface area contributed by atoms with Crippen molar-refractivity contribution >= 4 is 12.1 Å². The highest BCUT2D eigenvalue weighted by molar-refractivity contribution is 5.72. The number of nitrogens with two attached hydrogens (primary N) is 2. The molecule has 20 heavy (non-hydrogen) atoms. The number of hydrogen-bond acceptors (Lipinski definition) is 2. The van der Waals surface area contributed by atoms with Crippen LogP contribution in [0.15, 0.2) is 0 Å². The Hall–Kier alpha value is -1.46. The van der Waals surface area contributed by atoms with Gasteiger partial charge in [0.25, 0.3) is 0 Å². The summed E-state index contributed by atoms with van der Waals surface area (Å²) >= 11 is 0. The number of carbonyl (C=O) groups excluding carboxylic acids is 2. The topological polar surface area (TPSA) is 110 Å². The van der Waals surface area contributed by atoms with E-state index in [0.717, 1.165) is 25.7 Å². The normalized spacial score (nSPS) is 20.4. The molecule has 2 aliphatic carbocycles. The predicted octanol–water partition coefficient (Wildman–Crippen LogP) is 1.97. The van der Waals surface area contributed by atoms with Crippen molar-refractivity contribution in [3.8, 4) is 0 Å². The van der Waals surface area contributed by atoms with Gasteiger partial charge in [-0.3, -0.25) is 0 Å². The van der Waals surface area contributed by atoms with Crippen LogP contribution in [-0.2, 0) is 0 Å². The summed E-state index contributed by atoms with van der Waals surface area (Å²) in [6, 6.07) is -0.0590. The highest BCUT2D eigenvalue weighted by Crippen LogP contribution is 2.17. The maximum Gasteiger partial charge on any atom is 0.312 e. The van der Waals surface area contributed by atoms with Gasteiger partial charge < -0.3 is 22.1 Å². The minimum Gasteiger partial charge on any atom is -0.352 e. The first kappa shape index (κ1) is 16.6. The maximum atomic E-state index is 10.4. The Bertz CT molecular complexity index is 268. The molecule has 116 valence electrons. The lowest BCUT2D eigenvalue weighted by molar-refractivity contribution is 0.240. The van der Waals surface area contributed by atoms with Crippen LogP contribution in [0.5, 0.6) is 0 Å². The fourth-order valence-corrected chi connectivity index (χ4v) is 2.90. The number of rotatable bonds is 2. The van der Waals surface area contributed by atoms with Crippen molar-refractivity contribution in [1.29, 1.82) is 0 Å². The Morgan fingerprint density at radius 3 is 1.20 bits per heavy atom. The lowest BCUT2D eigenvalue weighted by Crippen LogP contribution is -2.39. The molecular formula is C14H28N4O2. The van der Waals surface area contributed by atoms with Gasteiger partial charge in [-0.2, -0.15) is 0 Å². The fraction of sp³-hybridized carbons (Fsp3) is 0.857. The first-order valence-corrected chi connectivity index (χ1v) is 7.70. The summed E-state index contributed by atoms with van der Waals surface area (Å²) in [5.41, 5.74) is 9.95. The van der Waals surface area contributed by atoms with Crippen molar-refractivity contribution < 1.29 is 9.59 Å². The van der Waals surface area contributed by atoms with Gasteiger partial charge in [-0.25, -0.2) is 9.59 Å². The summed E-state index contributed by atoms with van der Waals surface area (Å²) in [6.45, 7) is 0. The lowest BCUT2D eigenvalue weighted by atomic mass is 9.96. The molecule has 0 atom stereocenters. The van der Waals surface area contributed by atoms with Crippen LogP contribution in [0.2, 0.25) is 0 Å². The molecule has 6 nitrogen and oxygen atoms in total. The molecule has 0 aromatic rings. The number of amides is 4. The lowest BCUT2D eigenvalue weighted by Gasteiger charge is -2.21. The zero-order valence-electron chi connectivity index (χ0n) is 12.2. The first-order chi connectivity index (χ1) is 9.58. The monoisotopic (exact) mass is 284 g/mol. The minimum absolute atomic E-state index is 0.353. The molecule has 6 heteroatoms. The van der Waals surface area contributed by atoms with Gasteiger partial charge >= 0.3 is 12.1 Å². The summed E-state index contributed by atoms with van der Waals surface area (Å²) in [4.78, 5) is 20.8. The maximum absolute atomic E-state index is 10.4. The molecule has 2 rings (SSSR count). The summed E-state index contributed by atoms with van der Waals surface area (Å²) in [7, 11) is 0. The second-order valence-electron chi connectivity index (χ2n) is 5.69. The van der Waals surface area contributed by atoms with Crippen molar-refractivity contribution in [2.75, 3.05) is 0 Å². The van der Waals surface area contributed by atoms with Crippen LogP contribution in [0, 0.1) is 0 Å². The smallest absolute Gasteiger partial charge is 0.312 e. The highest BCUT2D eigenvalue weighted by atomic mass is 16.2. The van der Waals surface area contributed by atoms with Crippen LogP contribution in [0.1, 0.15) is 64.2 Å². The predicted molar refractivity (Wildman–Crippen MR) is 79.2 cm³/mol. The Balaban J connectivity index is 0.000000200. The highest BCUT2D eigenvalue weighted by Gasteiger charge is 2.14. The summed E-state index contributed by atoms with van der Waals surface area (Å²) in [6.07, 6.45) is 11.9. The van der Waals surface area contributed by atoms with E-state index in [0.29, 0.717) is 12.1 Å². The van der Waals surface area contributed by atoms with E-state index >= 15 is 0 Å². The number of urea groups is 2. The van der Waals surface area contributed by atoms with Gasteiger partial charge in [0, 0.05) is 12.1 Å². The van der Waals surface area contributed by atoms with E-state index in [1.165, 1.54) is 38.5 Å². The second-order valence-corrected chi connectivity index (χ2v) is 5.69. The average molecular weight is 284 g/mol. The third-order valence-electron chi connectivity index (χ3n) is 3.90. The molecule has 2 aliphatic rings. The van der Waals surface area contributed by atoms with Crippen molar-refractivity contribution in [3.63, 3.8) is 0 Å². The van der Waals surface area contributed by atoms with Crippen LogP contribution in [0.3, 0.4) is 0 Å². The van der Waals surface area contributed by atoms with E-state index in [4.69, 9.17) is 11.5 Å². The SMILES string of the molecule is NC(=O)NC1CCCCC1.NC(=O)NC1CCCCC1. The molecular weight excluding hydrogens is 256 g/mol. The Labute approximate surface area is 121 Å². The molecule has 0 bridgehead atoms. The van der Waals surface area contributed by atoms with E-state index in [9.17, 15) is 9.59 Å². The number of carbonyl (C=O) groups is 2. The Kier molecular flexibility index (Phi) is 7.84. The number of hydrogen-bond donors (Lipinski definition) is 4. The molecule has 0 aliphatic heterocycles. The largest absolute Gasteiger partial charge is 0.352 e. The number of primary amides is 2. The van der Waals surface area contributed by atoms with E-state index in [2.05, 4.69) is 10.6 Å². The van der Waals surface area contributed by atoms with Crippen molar-refractivity contribution in [3.05, 3.63) is 0 Å². The third-order valence-corrected chi connectivity index (χ3v) is 3.90. The van der Waals surface area contributed by atoms with Gasteiger partial charge in [0.1, 0.15) is 0 Å². The molecule has 0 unspecified atom stereocenters. The van der Waals surface area contributed by atoms with Crippen LogP contribution < -0.4 is 22.1 Å². The van der Waals surface area contributed by atoms with E-state index in [1.807, 2.05) is 0 Å². The van der Waals surface area contributed by atoms with E-state index in [1.54, 1.807) is 0 Å². The quantitative estimate of drug-likeness (QED) is 0.621. The zero-order chi connectivity index (χ0) is 14.8. The Morgan fingerprint density at radius 1 is 0.650 bits per heavy atom. The van der Waals surface area contributed by atoms with Gasteiger partial charge in [0.2, 0.25) is 0 Å². The molecule has 0 spiro atoms. The molecule has 6 N–H and O–H groups in total. The van der Waals surface area contributed by atoms with Gasteiger partial charge in [0.15, 0.2) is 0 Å². The van der Waals surface area contributed by atoms with Crippen molar-refractivity contribution in [1.82, 2.24) is 10.6 Å². The molecule has 0 heterocycles. The molecule has 4 amide bonds. The van der Waals surface area contributed by atoms with Crippen molar-refractivity contribution in [2.45, 2.75) is 76.3 Å². The average Bonchev–Trinajstić information content (AvgIpc) is 2.40.